The second-order valence-electron chi connectivity index (χ2n) is 8.96. The maximum absolute atomic E-state index is 13.5. The maximum Gasteiger partial charge on any atom is 0.123 e. The van der Waals surface area contributed by atoms with Crippen molar-refractivity contribution in [2.75, 3.05) is 46.1 Å². The molecule has 1 fully saturated rings. The van der Waals surface area contributed by atoms with Crippen LogP contribution in [0.3, 0.4) is 0 Å². The van der Waals surface area contributed by atoms with Gasteiger partial charge in [-0.05, 0) is 76.8 Å². The fraction of sp³-hybridized carbons (Fsp3) is 0.423. The molecule has 0 saturated carbocycles. The van der Waals surface area contributed by atoms with E-state index in [0.29, 0.717) is 11.6 Å². The Morgan fingerprint density at radius 2 is 1.91 bits per heavy atom. The first-order valence-corrected chi connectivity index (χ1v) is 11.4. The van der Waals surface area contributed by atoms with Crippen LogP contribution in [0, 0.1) is 5.82 Å². The van der Waals surface area contributed by atoms with Gasteiger partial charge in [-0.25, -0.2) is 4.39 Å². The number of piperidine rings is 1. The average molecular weight is 437 g/mol. The topological polar surface area (TPSA) is 54.6 Å². The third kappa shape index (κ3) is 5.56. The summed E-state index contributed by atoms with van der Waals surface area (Å²) >= 11 is 0. The fourth-order valence-electron chi connectivity index (χ4n) is 4.45. The van der Waals surface area contributed by atoms with Crippen LogP contribution in [0.25, 0.3) is 10.9 Å². The zero-order valence-corrected chi connectivity index (χ0v) is 19.1. The number of benzene rings is 2. The summed E-state index contributed by atoms with van der Waals surface area (Å²) in [7, 11) is 4.16. The Kier molecular flexibility index (Phi) is 7.22. The third-order valence-corrected chi connectivity index (χ3v) is 6.19. The number of aromatic nitrogens is 1. The molecule has 32 heavy (non-hydrogen) atoms. The Morgan fingerprint density at radius 1 is 1.12 bits per heavy atom. The minimum atomic E-state index is -0.262. The smallest absolute Gasteiger partial charge is 0.123 e. The Balaban J connectivity index is 1.36. The van der Waals surface area contributed by atoms with Crippen LogP contribution < -0.4 is 10.5 Å². The van der Waals surface area contributed by atoms with Crippen LogP contribution in [-0.2, 0) is 6.54 Å². The van der Waals surface area contributed by atoms with Gasteiger partial charge in [0.15, 0.2) is 0 Å². The van der Waals surface area contributed by atoms with Gasteiger partial charge in [-0.2, -0.15) is 0 Å². The molecule has 2 heterocycles. The normalized spacial score (nSPS) is 15.5. The number of ether oxygens (including phenoxy) is 1. The standard InChI is InChI=1S/C26H33FN4O/c1-30(2)12-5-15-32-25-7-4-3-6-20(25)18-31-13-10-19(11-14-31)26-23(28)17-21-16-22(27)8-9-24(21)29-26/h3-4,6-9,16-17,19H,5,10-15,18,28H2,1-2H3. The van der Waals surface area contributed by atoms with Gasteiger partial charge < -0.3 is 15.4 Å². The molecular weight excluding hydrogens is 403 g/mol. The number of nitrogens with two attached hydrogens (primary N) is 1. The number of hydrogen-bond acceptors (Lipinski definition) is 5. The van der Waals surface area contributed by atoms with E-state index < -0.39 is 0 Å². The third-order valence-electron chi connectivity index (χ3n) is 6.19. The molecule has 6 heteroatoms. The lowest BCUT2D eigenvalue weighted by Crippen LogP contribution is -2.33. The van der Waals surface area contributed by atoms with Crippen LogP contribution in [0.5, 0.6) is 5.75 Å². The van der Waals surface area contributed by atoms with Crippen LogP contribution in [0.4, 0.5) is 10.1 Å². The summed E-state index contributed by atoms with van der Waals surface area (Å²) in [6.45, 7) is 4.62. The molecule has 0 aliphatic carbocycles. The van der Waals surface area contributed by atoms with Crippen molar-refractivity contribution < 1.29 is 9.13 Å². The maximum atomic E-state index is 13.5. The van der Waals surface area contributed by atoms with Crippen molar-refractivity contribution in [3.8, 4) is 5.75 Å². The van der Waals surface area contributed by atoms with Crippen LogP contribution in [0.15, 0.2) is 48.5 Å². The molecule has 0 spiro atoms. The average Bonchev–Trinajstić information content (AvgIpc) is 2.78. The van der Waals surface area contributed by atoms with Gasteiger partial charge in [0.2, 0.25) is 0 Å². The molecular formula is C26H33FN4O. The van der Waals surface area contributed by atoms with Crippen molar-refractivity contribution in [3.05, 3.63) is 65.6 Å². The number of nitrogens with zero attached hydrogens (tertiary/aromatic N) is 3. The number of hydrogen-bond donors (Lipinski definition) is 1. The van der Waals surface area contributed by atoms with Crippen LogP contribution in [0.1, 0.15) is 36.4 Å². The molecule has 2 N–H and O–H groups in total. The van der Waals surface area contributed by atoms with E-state index in [0.717, 1.165) is 74.4 Å². The van der Waals surface area contributed by atoms with E-state index in [2.05, 4.69) is 42.1 Å². The Bertz CT molecular complexity index is 1050. The van der Waals surface area contributed by atoms with Gasteiger partial charge in [-0.3, -0.25) is 9.88 Å². The van der Waals surface area contributed by atoms with Gasteiger partial charge in [0.1, 0.15) is 11.6 Å². The summed E-state index contributed by atoms with van der Waals surface area (Å²) in [5, 5.41) is 0.755. The lowest BCUT2D eigenvalue weighted by atomic mass is 9.91. The molecule has 1 saturated heterocycles. The summed E-state index contributed by atoms with van der Waals surface area (Å²) in [6.07, 6.45) is 3.03. The summed E-state index contributed by atoms with van der Waals surface area (Å²) in [5.41, 5.74) is 9.96. The molecule has 0 atom stereocenters. The highest BCUT2D eigenvalue weighted by Crippen LogP contribution is 2.33. The van der Waals surface area contributed by atoms with Crippen molar-refractivity contribution in [3.63, 3.8) is 0 Å². The first-order chi connectivity index (χ1) is 15.5. The SMILES string of the molecule is CN(C)CCCOc1ccccc1CN1CCC(c2nc3ccc(F)cc3cc2N)CC1. The second kappa shape index (κ2) is 10.3. The highest BCUT2D eigenvalue weighted by Gasteiger charge is 2.24. The molecule has 2 aromatic carbocycles. The zero-order chi connectivity index (χ0) is 22.5. The van der Waals surface area contributed by atoms with E-state index in [1.807, 2.05) is 12.1 Å². The van der Waals surface area contributed by atoms with E-state index in [4.69, 9.17) is 15.5 Å². The van der Waals surface area contributed by atoms with E-state index in [1.54, 1.807) is 6.07 Å². The van der Waals surface area contributed by atoms with Crippen LogP contribution in [0.2, 0.25) is 0 Å². The van der Waals surface area contributed by atoms with Gasteiger partial charge in [-0.15, -0.1) is 0 Å². The van der Waals surface area contributed by atoms with E-state index >= 15 is 0 Å². The molecule has 170 valence electrons. The van der Waals surface area contributed by atoms with Crippen molar-refractivity contribution in [1.82, 2.24) is 14.8 Å². The van der Waals surface area contributed by atoms with Gasteiger partial charge in [0.05, 0.1) is 23.5 Å². The highest BCUT2D eigenvalue weighted by molar-refractivity contribution is 5.82. The Labute approximate surface area is 190 Å². The van der Waals surface area contributed by atoms with Gasteiger partial charge in [0.25, 0.3) is 0 Å². The van der Waals surface area contributed by atoms with Crippen molar-refractivity contribution in [2.45, 2.75) is 31.7 Å². The molecule has 0 amide bonds. The predicted molar refractivity (Wildman–Crippen MR) is 128 cm³/mol. The molecule has 0 radical (unpaired) electrons. The molecule has 4 rings (SSSR count). The monoisotopic (exact) mass is 436 g/mol. The number of pyridine rings is 1. The Morgan fingerprint density at radius 3 is 2.69 bits per heavy atom. The minimum Gasteiger partial charge on any atom is -0.493 e. The quantitative estimate of drug-likeness (QED) is 0.520. The molecule has 3 aromatic rings. The summed E-state index contributed by atoms with van der Waals surface area (Å²) in [5.74, 6) is 1.06. The van der Waals surface area contributed by atoms with Crippen molar-refractivity contribution in [1.29, 1.82) is 0 Å². The zero-order valence-electron chi connectivity index (χ0n) is 19.1. The summed E-state index contributed by atoms with van der Waals surface area (Å²) in [6, 6.07) is 14.9. The summed E-state index contributed by atoms with van der Waals surface area (Å²) in [4.78, 5) is 9.44. The second-order valence-corrected chi connectivity index (χ2v) is 8.96. The van der Waals surface area contributed by atoms with E-state index in [9.17, 15) is 4.39 Å². The van der Waals surface area contributed by atoms with Crippen molar-refractivity contribution in [2.24, 2.45) is 0 Å². The largest absolute Gasteiger partial charge is 0.493 e. The number of fused-ring (bicyclic) bond motifs is 1. The number of anilines is 1. The minimum absolute atomic E-state index is 0.262. The van der Waals surface area contributed by atoms with Crippen LogP contribution >= 0.6 is 0 Å². The Hall–Kier alpha value is -2.70. The molecule has 1 aliphatic heterocycles. The number of halogens is 1. The van der Waals surface area contributed by atoms with Gasteiger partial charge in [0, 0.05) is 30.0 Å². The lowest BCUT2D eigenvalue weighted by Gasteiger charge is -2.32. The number of likely N-dealkylation sites (tertiary alicyclic amines) is 1. The van der Waals surface area contributed by atoms with Gasteiger partial charge >= 0.3 is 0 Å². The predicted octanol–water partition coefficient (Wildman–Crippen LogP) is 4.67. The molecule has 5 nitrogen and oxygen atoms in total. The van der Waals surface area contributed by atoms with E-state index in [1.165, 1.54) is 17.7 Å². The first-order valence-electron chi connectivity index (χ1n) is 11.4. The lowest BCUT2D eigenvalue weighted by molar-refractivity contribution is 0.199. The highest BCUT2D eigenvalue weighted by atomic mass is 19.1. The molecule has 0 unspecified atom stereocenters. The molecule has 0 bridgehead atoms. The van der Waals surface area contributed by atoms with E-state index in [-0.39, 0.29) is 5.82 Å². The van der Waals surface area contributed by atoms with Gasteiger partial charge in [-0.1, -0.05) is 18.2 Å². The molecule has 1 aliphatic rings. The number of nitrogen functional groups attached to an aromatic ring is 1. The fourth-order valence-corrected chi connectivity index (χ4v) is 4.45. The summed E-state index contributed by atoms with van der Waals surface area (Å²) < 4.78 is 19.6. The molecule has 1 aromatic heterocycles. The number of rotatable bonds is 8. The van der Waals surface area contributed by atoms with Crippen molar-refractivity contribution >= 4 is 16.6 Å². The number of para-hydroxylation sites is 1. The first kappa shape index (κ1) is 22.5. The van der Waals surface area contributed by atoms with Crippen LogP contribution in [-0.4, -0.2) is 55.1 Å².